The highest BCUT2D eigenvalue weighted by Crippen LogP contribution is 2.08. The van der Waals surface area contributed by atoms with Crippen LogP contribution in [0.2, 0.25) is 0 Å². The lowest BCUT2D eigenvalue weighted by Crippen LogP contribution is -2.31. The van der Waals surface area contributed by atoms with E-state index in [-0.39, 0.29) is 0 Å². The Kier molecular flexibility index (Phi) is 3.86. The molecule has 0 spiro atoms. The Labute approximate surface area is 105 Å². The van der Waals surface area contributed by atoms with Crippen molar-refractivity contribution in [2.45, 2.75) is 12.5 Å². The van der Waals surface area contributed by atoms with E-state index < -0.39 is 12.0 Å². The second-order valence-electron chi connectivity index (χ2n) is 3.82. The van der Waals surface area contributed by atoms with Crippen LogP contribution in [0.25, 0.3) is 0 Å². The van der Waals surface area contributed by atoms with Gasteiger partial charge in [-0.25, -0.2) is 9.78 Å². The van der Waals surface area contributed by atoms with E-state index in [2.05, 4.69) is 15.3 Å². The first-order valence-corrected chi connectivity index (χ1v) is 5.55. The topological polar surface area (TPSA) is 75.1 Å². The molecule has 92 valence electrons. The lowest BCUT2D eigenvalue weighted by molar-refractivity contribution is -0.137. The molecule has 1 heterocycles. The molecule has 0 saturated heterocycles. The van der Waals surface area contributed by atoms with Crippen molar-refractivity contribution in [3.8, 4) is 0 Å². The molecule has 0 aliphatic rings. The standard InChI is InChI=1S/C13H13N3O2/c17-13(18)11(8-10-4-2-1-3-5-10)16-12-9-14-6-7-15-12/h1-7,9,11H,8H2,(H,15,16)(H,17,18). The van der Waals surface area contributed by atoms with E-state index in [9.17, 15) is 9.90 Å². The molecule has 18 heavy (non-hydrogen) atoms. The van der Waals surface area contributed by atoms with E-state index >= 15 is 0 Å². The van der Waals surface area contributed by atoms with Gasteiger partial charge in [-0.2, -0.15) is 0 Å². The summed E-state index contributed by atoms with van der Waals surface area (Å²) in [5.41, 5.74) is 0.960. The van der Waals surface area contributed by atoms with Crippen LogP contribution in [0.1, 0.15) is 5.56 Å². The Morgan fingerprint density at radius 1 is 1.28 bits per heavy atom. The zero-order valence-electron chi connectivity index (χ0n) is 9.65. The molecule has 1 aromatic carbocycles. The van der Waals surface area contributed by atoms with Gasteiger partial charge < -0.3 is 10.4 Å². The fourth-order valence-corrected chi connectivity index (χ4v) is 1.60. The van der Waals surface area contributed by atoms with E-state index in [1.807, 2.05) is 30.3 Å². The highest BCUT2D eigenvalue weighted by molar-refractivity contribution is 5.77. The normalized spacial score (nSPS) is 11.8. The SMILES string of the molecule is O=C(O)C(Cc1ccccc1)Nc1cnccn1. The summed E-state index contributed by atoms with van der Waals surface area (Å²) in [5, 5.41) is 12.0. The first-order valence-electron chi connectivity index (χ1n) is 5.55. The van der Waals surface area contributed by atoms with Crippen LogP contribution in [-0.4, -0.2) is 27.1 Å². The van der Waals surface area contributed by atoms with Gasteiger partial charge >= 0.3 is 5.97 Å². The third kappa shape index (κ3) is 3.28. The first kappa shape index (κ1) is 12.0. The molecule has 5 nitrogen and oxygen atoms in total. The van der Waals surface area contributed by atoms with E-state index in [1.165, 1.54) is 18.6 Å². The molecule has 5 heteroatoms. The van der Waals surface area contributed by atoms with Gasteiger partial charge in [-0.1, -0.05) is 30.3 Å². The van der Waals surface area contributed by atoms with Crippen molar-refractivity contribution < 1.29 is 9.90 Å². The molecule has 2 rings (SSSR count). The van der Waals surface area contributed by atoms with Crippen LogP contribution in [-0.2, 0) is 11.2 Å². The van der Waals surface area contributed by atoms with Crippen molar-refractivity contribution in [1.29, 1.82) is 0 Å². The number of anilines is 1. The number of carbonyl (C=O) groups is 1. The van der Waals surface area contributed by atoms with E-state index in [0.29, 0.717) is 12.2 Å². The van der Waals surface area contributed by atoms with E-state index in [0.717, 1.165) is 5.56 Å². The summed E-state index contributed by atoms with van der Waals surface area (Å²) >= 11 is 0. The van der Waals surface area contributed by atoms with Gasteiger partial charge in [-0.05, 0) is 5.56 Å². The number of hydrogen-bond donors (Lipinski definition) is 2. The summed E-state index contributed by atoms with van der Waals surface area (Å²) in [4.78, 5) is 19.1. The molecule has 2 N–H and O–H groups in total. The highest BCUT2D eigenvalue weighted by Gasteiger charge is 2.18. The van der Waals surface area contributed by atoms with Gasteiger partial charge in [0, 0.05) is 18.8 Å². The second-order valence-corrected chi connectivity index (χ2v) is 3.82. The van der Waals surface area contributed by atoms with E-state index in [4.69, 9.17) is 0 Å². The van der Waals surface area contributed by atoms with Crippen LogP contribution < -0.4 is 5.32 Å². The highest BCUT2D eigenvalue weighted by atomic mass is 16.4. The molecule has 1 unspecified atom stereocenters. The fourth-order valence-electron chi connectivity index (χ4n) is 1.60. The number of nitrogens with one attached hydrogen (secondary N) is 1. The number of hydrogen-bond acceptors (Lipinski definition) is 4. The Hall–Kier alpha value is -2.43. The van der Waals surface area contributed by atoms with Gasteiger partial charge in [-0.3, -0.25) is 4.98 Å². The van der Waals surface area contributed by atoms with Crippen molar-refractivity contribution in [3.63, 3.8) is 0 Å². The summed E-state index contributed by atoms with van der Waals surface area (Å²) < 4.78 is 0. The van der Waals surface area contributed by atoms with Crippen LogP contribution >= 0.6 is 0 Å². The third-order valence-electron chi connectivity index (χ3n) is 2.47. The molecule has 0 amide bonds. The maximum Gasteiger partial charge on any atom is 0.326 e. The minimum absolute atomic E-state index is 0.396. The average molecular weight is 243 g/mol. The van der Waals surface area contributed by atoms with Crippen LogP contribution in [0.5, 0.6) is 0 Å². The van der Waals surface area contributed by atoms with Crippen LogP contribution in [0.15, 0.2) is 48.9 Å². The van der Waals surface area contributed by atoms with Crippen LogP contribution in [0.4, 0.5) is 5.82 Å². The Morgan fingerprint density at radius 2 is 2.06 bits per heavy atom. The summed E-state index contributed by atoms with van der Waals surface area (Å²) in [7, 11) is 0. The molecule has 0 aliphatic carbocycles. The predicted molar refractivity (Wildman–Crippen MR) is 67.2 cm³/mol. The maximum absolute atomic E-state index is 11.2. The van der Waals surface area contributed by atoms with Crippen molar-refractivity contribution in [2.24, 2.45) is 0 Å². The lowest BCUT2D eigenvalue weighted by Gasteiger charge is -2.14. The number of nitrogens with zero attached hydrogens (tertiary/aromatic N) is 2. The second kappa shape index (κ2) is 5.77. The van der Waals surface area contributed by atoms with Gasteiger partial charge in [0.1, 0.15) is 11.9 Å². The van der Waals surface area contributed by atoms with Gasteiger partial charge in [0.2, 0.25) is 0 Å². The third-order valence-corrected chi connectivity index (χ3v) is 2.47. The predicted octanol–water partition coefficient (Wildman–Crippen LogP) is 1.58. The number of aliphatic carboxylic acids is 1. The molecule has 2 aromatic rings. The first-order chi connectivity index (χ1) is 8.75. The summed E-state index contributed by atoms with van der Waals surface area (Å²) in [5.74, 6) is -0.453. The van der Waals surface area contributed by atoms with Crippen molar-refractivity contribution in [2.75, 3.05) is 5.32 Å². The summed E-state index contributed by atoms with van der Waals surface area (Å²) in [6.45, 7) is 0. The molecule has 1 atom stereocenters. The van der Waals surface area contributed by atoms with Gasteiger partial charge in [0.25, 0.3) is 0 Å². The molecule has 0 radical (unpaired) electrons. The number of benzene rings is 1. The van der Waals surface area contributed by atoms with Gasteiger partial charge in [0.15, 0.2) is 0 Å². The van der Waals surface area contributed by atoms with E-state index in [1.54, 1.807) is 0 Å². The Morgan fingerprint density at radius 3 is 2.67 bits per heavy atom. The van der Waals surface area contributed by atoms with Crippen LogP contribution in [0, 0.1) is 0 Å². The van der Waals surface area contributed by atoms with Gasteiger partial charge in [-0.15, -0.1) is 0 Å². The smallest absolute Gasteiger partial charge is 0.326 e. The molecule has 0 saturated carbocycles. The van der Waals surface area contributed by atoms with Crippen molar-refractivity contribution >= 4 is 11.8 Å². The Balaban J connectivity index is 2.08. The minimum atomic E-state index is -0.912. The fraction of sp³-hybridized carbons (Fsp3) is 0.154. The number of rotatable bonds is 5. The molecule has 0 fully saturated rings. The quantitative estimate of drug-likeness (QED) is 0.834. The largest absolute Gasteiger partial charge is 0.480 e. The molecule has 0 aliphatic heterocycles. The summed E-state index contributed by atoms with van der Waals surface area (Å²) in [6, 6.07) is 8.74. The van der Waals surface area contributed by atoms with Gasteiger partial charge in [0.05, 0.1) is 6.20 Å². The monoisotopic (exact) mass is 243 g/mol. The Bertz CT molecular complexity index is 461. The zero-order valence-corrected chi connectivity index (χ0v) is 9.65. The zero-order chi connectivity index (χ0) is 12.8. The number of carboxylic acid groups (broad SMARTS) is 1. The number of carboxylic acids is 1. The minimum Gasteiger partial charge on any atom is -0.480 e. The molecular weight excluding hydrogens is 230 g/mol. The maximum atomic E-state index is 11.2. The molecule has 0 bridgehead atoms. The molecular formula is C13H13N3O2. The molecule has 1 aromatic heterocycles. The average Bonchev–Trinajstić information content (AvgIpc) is 2.40. The van der Waals surface area contributed by atoms with Crippen molar-refractivity contribution in [3.05, 3.63) is 54.5 Å². The van der Waals surface area contributed by atoms with Crippen molar-refractivity contribution in [1.82, 2.24) is 9.97 Å². The lowest BCUT2D eigenvalue weighted by atomic mass is 10.1. The summed E-state index contributed by atoms with van der Waals surface area (Å²) in [6.07, 6.45) is 4.95. The number of aromatic nitrogens is 2. The van der Waals surface area contributed by atoms with Crippen LogP contribution in [0.3, 0.4) is 0 Å².